The molecule has 1 amide bonds. The second-order valence-corrected chi connectivity index (χ2v) is 4.58. The number of aromatic nitrogens is 1. The van der Waals surface area contributed by atoms with Crippen molar-refractivity contribution in [2.24, 2.45) is 0 Å². The van der Waals surface area contributed by atoms with Crippen LogP contribution in [0.25, 0.3) is 0 Å². The number of hydrogen-bond acceptors (Lipinski definition) is 4. The molecule has 4 nitrogen and oxygen atoms in total. The fraction of sp³-hybridized carbons (Fsp3) is 0.154. The summed E-state index contributed by atoms with van der Waals surface area (Å²) in [7, 11) is 0. The fourth-order valence-electron chi connectivity index (χ4n) is 1.51. The van der Waals surface area contributed by atoms with Crippen molar-refractivity contribution in [1.29, 1.82) is 5.26 Å². The Hall–Kier alpha value is -2.19. The number of aryl methyl sites for hydroxylation is 1. The van der Waals surface area contributed by atoms with Crippen LogP contribution in [0, 0.1) is 18.3 Å². The van der Waals surface area contributed by atoms with E-state index in [1.54, 1.807) is 6.07 Å². The quantitative estimate of drug-likeness (QED) is 0.918. The third-order valence-corrected chi connectivity index (χ3v) is 3.27. The molecule has 0 aliphatic rings. The molecular formula is C13H11N3OS. The first-order valence-electron chi connectivity index (χ1n) is 5.39. The number of rotatable bonds is 3. The van der Waals surface area contributed by atoms with Crippen molar-refractivity contribution in [2.45, 2.75) is 13.0 Å². The van der Waals surface area contributed by atoms with E-state index >= 15 is 0 Å². The topological polar surface area (TPSA) is 65.8 Å². The van der Waals surface area contributed by atoms with E-state index in [1.165, 1.54) is 0 Å². The number of nitriles is 1. The van der Waals surface area contributed by atoms with Gasteiger partial charge in [0.2, 0.25) is 0 Å². The van der Waals surface area contributed by atoms with E-state index in [9.17, 15) is 4.79 Å². The molecule has 0 fully saturated rings. The molecule has 2 rings (SSSR count). The van der Waals surface area contributed by atoms with Crippen LogP contribution in [-0.2, 0) is 0 Å². The van der Waals surface area contributed by atoms with Crippen molar-refractivity contribution in [3.8, 4) is 6.07 Å². The minimum absolute atomic E-state index is 0.268. The molecule has 1 N–H and O–H groups in total. The van der Waals surface area contributed by atoms with Crippen LogP contribution in [0.2, 0.25) is 0 Å². The molecule has 90 valence electrons. The highest BCUT2D eigenvalue weighted by Gasteiger charge is 2.16. The Balaban J connectivity index is 2.13. The maximum atomic E-state index is 11.9. The number of benzene rings is 1. The lowest BCUT2D eigenvalue weighted by molar-refractivity contribution is 0.0949. The molecule has 1 aromatic carbocycles. The van der Waals surface area contributed by atoms with E-state index in [4.69, 9.17) is 5.26 Å². The van der Waals surface area contributed by atoms with Gasteiger partial charge in [-0.05, 0) is 30.1 Å². The predicted molar refractivity (Wildman–Crippen MR) is 69.1 cm³/mol. The van der Waals surface area contributed by atoms with Gasteiger partial charge in [0, 0.05) is 0 Å². The van der Waals surface area contributed by atoms with Crippen molar-refractivity contribution in [3.05, 3.63) is 52.5 Å². The second kappa shape index (κ2) is 5.43. The lowest BCUT2D eigenvalue weighted by Gasteiger charge is -2.10. The number of nitrogens with zero attached hydrogens (tertiary/aromatic N) is 2. The molecule has 1 unspecified atom stereocenters. The molecule has 2 aromatic rings. The van der Waals surface area contributed by atoms with E-state index < -0.39 is 6.04 Å². The van der Waals surface area contributed by atoms with Gasteiger partial charge in [0.1, 0.15) is 10.9 Å². The number of amides is 1. The Morgan fingerprint density at radius 2 is 2.17 bits per heavy atom. The van der Waals surface area contributed by atoms with Crippen molar-refractivity contribution >= 4 is 17.4 Å². The number of carbonyl (C=O) groups is 1. The summed E-state index contributed by atoms with van der Waals surface area (Å²) in [5.41, 5.74) is 1.58. The maximum Gasteiger partial charge on any atom is 0.264 e. The molecule has 0 aliphatic heterocycles. The largest absolute Gasteiger partial charge is 0.332 e. The van der Waals surface area contributed by atoms with Gasteiger partial charge in [-0.3, -0.25) is 4.79 Å². The zero-order valence-electron chi connectivity index (χ0n) is 9.75. The number of carbonyl (C=O) groups excluding carboxylic acids is 1. The molecule has 1 aromatic heterocycles. The molecule has 0 bridgehead atoms. The fourth-order valence-corrected chi connectivity index (χ4v) is 2.17. The zero-order chi connectivity index (χ0) is 13.0. The van der Waals surface area contributed by atoms with Crippen LogP contribution >= 0.6 is 11.5 Å². The van der Waals surface area contributed by atoms with E-state index in [-0.39, 0.29) is 5.91 Å². The molecule has 18 heavy (non-hydrogen) atoms. The van der Waals surface area contributed by atoms with Gasteiger partial charge in [0.05, 0.1) is 11.8 Å². The minimum atomic E-state index is -0.638. The summed E-state index contributed by atoms with van der Waals surface area (Å²) in [5.74, 6) is -0.268. The third kappa shape index (κ3) is 2.73. The molecule has 5 heteroatoms. The molecule has 1 heterocycles. The molecular weight excluding hydrogens is 246 g/mol. The predicted octanol–water partition coefficient (Wildman–Crippen LogP) is 2.45. The smallest absolute Gasteiger partial charge is 0.264 e. The molecule has 0 spiro atoms. The summed E-state index contributed by atoms with van der Waals surface area (Å²) in [5, 5.41) is 11.8. The van der Waals surface area contributed by atoms with E-state index in [1.807, 2.05) is 37.3 Å². The molecule has 0 saturated carbocycles. The van der Waals surface area contributed by atoms with Crippen molar-refractivity contribution in [2.75, 3.05) is 0 Å². The summed E-state index contributed by atoms with van der Waals surface area (Å²) in [6.45, 7) is 1.83. The summed E-state index contributed by atoms with van der Waals surface area (Å²) in [6, 6.07) is 12.3. The Bertz CT molecular complexity index is 586. The van der Waals surface area contributed by atoms with E-state index in [0.29, 0.717) is 4.88 Å². The first-order chi connectivity index (χ1) is 8.70. The third-order valence-electron chi connectivity index (χ3n) is 2.39. The van der Waals surface area contributed by atoms with Crippen molar-refractivity contribution < 1.29 is 4.79 Å². The Labute approximate surface area is 109 Å². The summed E-state index contributed by atoms with van der Waals surface area (Å²) in [4.78, 5) is 12.4. The molecule has 0 radical (unpaired) electrons. The zero-order valence-corrected chi connectivity index (χ0v) is 10.6. The van der Waals surface area contributed by atoms with E-state index in [2.05, 4.69) is 15.8 Å². The first kappa shape index (κ1) is 12.3. The summed E-state index contributed by atoms with van der Waals surface area (Å²) in [6.07, 6.45) is 0. The lowest BCUT2D eigenvalue weighted by Crippen LogP contribution is -2.26. The van der Waals surface area contributed by atoms with Crippen LogP contribution in [0.1, 0.15) is 27.0 Å². The monoisotopic (exact) mass is 257 g/mol. The van der Waals surface area contributed by atoms with Gasteiger partial charge in [-0.1, -0.05) is 30.3 Å². The first-order valence-corrected chi connectivity index (χ1v) is 6.17. The highest BCUT2D eigenvalue weighted by atomic mass is 32.1. The van der Waals surface area contributed by atoms with Crippen LogP contribution in [0.3, 0.4) is 0 Å². The second-order valence-electron chi connectivity index (χ2n) is 3.78. The van der Waals surface area contributed by atoms with Crippen LogP contribution in [0.15, 0.2) is 36.4 Å². The number of hydrogen-bond donors (Lipinski definition) is 1. The molecule has 1 atom stereocenters. The SMILES string of the molecule is Cc1cc(C(=O)NC(C#N)c2ccccc2)sn1. The van der Waals surface area contributed by atoms with Crippen molar-refractivity contribution in [3.63, 3.8) is 0 Å². The Morgan fingerprint density at radius 3 is 2.72 bits per heavy atom. The number of nitrogens with one attached hydrogen (secondary N) is 1. The Kier molecular flexibility index (Phi) is 3.70. The van der Waals surface area contributed by atoms with Gasteiger partial charge in [0.15, 0.2) is 0 Å². The van der Waals surface area contributed by atoms with Crippen LogP contribution in [0.4, 0.5) is 0 Å². The maximum absolute atomic E-state index is 11.9. The highest BCUT2D eigenvalue weighted by Crippen LogP contribution is 2.14. The normalized spacial score (nSPS) is 11.6. The van der Waals surface area contributed by atoms with Crippen molar-refractivity contribution in [1.82, 2.24) is 9.69 Å². The van der Waals surface area contributed by atoms with Gasteiger partial charge >= 0.3 is 0 Å². The van der Waals surface area contributed by atoms with Gasteiger partial charge in [-0.2, -0.15) is 9.64 Å². The van der Waals surface area contributed by atoms with Crippen LogP contribution < -0.4 is 5.32 Å². The minimum Gasteiger partial charge on any atom is -0.332 e. The van der Waals surface area contributed by atoms with Gasteiger partial charge < -0.3 is 5.32 Å². The molecule has 0 saturated heterocycles. The standard InChI is InChI=1S/C13H11N3OS/c1-9-7-12(18-16-9)13(17)15-11(8-14)10-5-3-2-4-6-10/h2-7,11H,1H3,(H,15,17). The molecule has 0 aliphatic carbocycles. The van der Waals surface area contributed by atoms with Crippen LogP contribution in [0.5, 0.6) is 0 Å². The van der Waals surface area contributed by atoms with Crippen LogP contribution in [-0.4, -0.2) is 10.3 Å². The average Bonchev–Trinajstić information content (AvgIpc) is 2.83. The average molecular weight is 257 g/mol. The Morgan fingerprint density at radius 1 is 1.44 bits per heavy atom. The van der Waals surface area contributed by atoms with Gasteiger partial charge in [-0.25, -0.2) is 0 Å². The van der Waals surface area contributed by atoms with Gasteiger partial charge in [0.25, 0.3) is 5.91 Å². The lowest BCUT2D eigenvalue weighted by atomic mass is 10.1. The highest BCUT2D eigenvalue weighted by molar-refractivity contribution is 7.08. The summed E-state index contributed by atoms with van der Waals surface area (Å²) >= 11 is 1.13. The summed E-state index contributed by atoms with van der Waals surface area (Å²) < 4.78 is 4.04. The van der Waals surface area contributed by atoms with E-state index in [0.717, 1.165) is 22.8 Å². The van der Waals surface area contributed by atoms with Gasteiger partial charge in [-0.15, -0.1) is 0 Å².